The van der Waals surface area contributed by atoms with Crippen LogP contribution in [-0.2, 0) is 10.5 Å². The van der Waals surface area contributed by atoms with Gasteiger partial charge in [-0.15, -0.1) is 0 Å². The summed E-state index contributed by atoms with van der Waals surface area (Å²) in [4.78, 5) is 19.4. The number of anilines is 1. The van der Waals surface area contributed by atoms with Gasteiger partial charge in [-0.3, -0.25) is 4.79 Å². The molecule has 1 aromatic heterocycles. The summed E-state index contributed by atoms with van der Waals surface area (Å²) in [6.07, 6.45) is 4.85. The van der Waals surface area contributed by atoms with Crippen LogP contribution in [0.1, 0.15) is 51.3 Å². The number of thioether (sulfide) groups is 1. The van der Waals surface area contributed by atoms with Crippen LogP contribution in [0.15, 0.2) is 10.9 Å². The zero-order chi connectivity index (χ0) is 21.5. The molecule has 1 aromatic carbocycles. The second-order valence-electron chi connectivity index (χ2n) is 8.64. The Balaban J connectivity index is 1.51. The van der Waals surface area contributed by atoms with Gasteiger partial charge in [-0.05, 0) is 51.5 Å². The zero-order valence-corrected chi connectivity index (χ0v) is 18.0. The van der Waals surface area contributed by atoms with E-state index in [0.717, 1.165) is 25.7 Å². The SMILES string of the molecule is CO[C@H]1C[C@@H](Nc2cc3nc(CSC4CCC(C)(O)CC4)[nH]c(=O)c3c(F)c2F)C1. The molecule has 0 bridgehead atoms. The Labute approximate surface area is 177 Å². The van der Waals surface area contributed by atoms with E-state index in [-0.39, 0.29) is 28.7 Å². The minimum Gasteiger partial charge on any atom is -0.390 e. The third-order valence-corrected chi connectivity index (χ3v) is 7.56. The first-order valence-corrected chi connectivity index (χ1v) is 11.3. The third kappa shape index (κ3) is 4.48. The smallest absolute Gasteiger partial charge is 0.261 e. The fraction of sp³-hybridized carbons (Fsp3) is 0.619. The van der Waals surface area contributed by atoms with Crippen LogP contribution >= 0.6 is 11.8 Å². The number of aliphatic hydroxyl groups is 1. The monoisotopic (exact) mass is 439 g/mol. The minimum atomic E-state index is -1.18. The van der Waals surface area contributed by atoms with Gasteiger partial charge in [0.25, 0.3) is 5.56 Å². The van der Waals surface area contributed by atoms with E-state index in [1.807, 2.05) is 6.92 Å². The molecule has 0 saturated heterocycles. The first-order valence-electron chi connectivity index (χ1n) is 10.3. The lowest BCUT2D eigenvalue weighted by Crippen LogP contribution is -2.40. The van der Waals surface area contributed by atoms with Gasteiger partial charge in [0.15, 0.2) is 11.6 Å². The number of fused-ring (bicyclic) bond motifs is 1. The average molecular weight is 440 g/mol. The van der Waals surface area contributed by atoms with Gasteiger partial charge in [0, 0.05) is 18.4 Å². The maximum atomic E-state index is 14.6. The highest BCUT2D eigenvalue weighted by atomic mass is 32.2. The van der Waals surface area contributed by atoms with Crippen molar-refractivity contribution in [3.05, 3.63) is 33.9 Å². The van der Waals surface area contributed by atoms with Crippen molar-refractivity contribution in [2.24, 2.45) is 0 Å². The molecule has 9 heteroatoms. The van der Waals surface area contributed by atoms with Crippen LogP contribution in [0.3, 0.4) is 0 Å². The average Bonchev–Trinajstić information content (AvgIpc) is 2.66. The maximum Gasteiger partial charge on any atom is 0.261 e. The standard InChI is InChI=1S/C21H27F2N3O3S/c1-21(28)5-3-13(4-6-21)30-10-16-25-14-9-15(24-11-7-12(8-11)29-2)18(22)19(23)17(14)20(27)26-16/h9,11-13,24,28H,3-8,10H2,1-2H3,(H,25,26,27)/t11-,12+,13?,21?. The summed E-state index contributed by atoms with van der Waals surface area (Å²) < 4.78 is 34.3. The first-order chi connectivity index (χ1) is 14.3. The van der Waals surface area contributed by atoms with E-state index in [0.29, 0.717) is 29.7 Å². The molecule has 0 aliphatic heterocycles. The maximum absolute atomic E-state index is 14.6. The highest BCUT2D eigenvalue weighted by Gasteiger charge is 2.31. The first kappa shape index (κ1) is 21.5. The molecule has 4 rings (SSSR count). The lowest BCUT2D eigenvalue weighted by Gasteiger charge is -2.35. The summed E-state index contributed by atoms with van der Waals surface area (Å²) in [6, 6.07) is 1.41. The lowest BCUT2D eigenvalue weighted by atomic mass is 9.86. The van der Waals surface area contributed by atoms with Gasteiger partial charge in [-0.2, -0.15) is 11.8 Å². The quantitative estimate of drug-likeness (QED) is 0.636. The van der Waals surface area contributed by atoms with Gasteiger partial charge in [-0.1, -0.05) is 0 Å². The van der Waals surface area contributed by atoms with E-state index in [1.165, 1.54) is 6.07 Å². The molecule has 2 aliphatic carbocycles. The normalized spacial score (nSPS) is 29.0. The van der Waals surface area contributed by atoms with Crippen molar-refractivity contribution in [1.82, 2.24) is 9.97 Å². The Morgan fingerprint density at radius 1 is 1.33 bits per heavy atom. The van der Waals surface area contributed by atoms with E-state index >= 15 is 0 Å². The second kappa shape index (κ2) is 8.43. The van der Waals surface area contributed by atoms with Gasteiger partial charge in [0.2, 0.25) is 0 Å². The van der Waals surface area contributed by atoms with Crippen LogP contribution in [0.25, 0.3) is 10.9 Å². The molecule has 2 fully saturated rings. The molecule has 2 saturated carbocycles. The number of H-pyrrole nitrogens is 1. The van der Waals surface area contributed by atoms with Crippen LogP contribution in [-0.4, -0.2) is 45.2 Å². The minimum absolute atomic E-state index is 0.00170. The molecule has 0 unspecified atom stereocenters. The molecule has 2 aromatic rings. The number of ether oxygens (including phenoxy) is 1. The second-order valence-corrected chi connectivity index (χ2v) is 9.93. The van der Waals surface area contributed by atoms with Gasteiger partial charge in [0.1, 0.15) is 11.2 Å². The Hall–Kier alpha value is -1.71. The number of aromatic nitrogens is 2. The molecule has 0 amide bonds. The zero-order valence-electron chi connectivity index (χ0n) is 17.1. The molecule has 3 N–H and O–H groups in total. The van der Waals surface area contributed by atoms with Crippen LogP contribution in [0.5, 0.6) is 0 Å². The number of aromatic amines is 1. The van der Waals surface area contributed by atoms with Crippen molar-refractivity contribution in [3.63, 3.8) is 0 Å². The Morgan fingerprint density at radius 3 is 2.70 bits per heavy atom. The Morgan fingerprint density at radius 2 is 2.03 bits per heavy atom. The molecule has 30 heavy (non-hydrogen) atoms. The largest absolute Gasteiger partial charge is 0.390 e. The fourth-order valence-electron chi connectivity index (χ4n) is 4.13. The molecule has 0 spiro atoms. The Kier molecular flexibility index (Phi) is 6.05. The van der Waals surface area contributed by atoms with Crippen molar-refractivity contribution >= 4 is 28.4 Å². The molecule has 0 radical (unpaired) electrons. The van der Waals surface area contributed by atoms with Crippen LogP contribution < -0.4 is 10.9 Å². The number of hydrogen-bond acceptors (Lipinski definition) is 6. The van der Waals surface area contributed by atoms with Gasteiger partial charge in [0.05, 0.1) is 28.7 Å². The molecular weight excluding hydrogens is 412 g/mol. The topological polar surface area (TPSA) is 87.2 Å². The molecular formula is C21H27F2N3O3S. The van der Waals surface area contributed by atoms with Crippen LogP contribution in [0.4, 0.5) is 14.5 Å². The molecule has 164 valence electrons. The third-order valence-electron chi connectivity index (χ3n) is 6.18. The molecule has 0 atom stereocenters. The number of benzene rings is 1. The number of halogens is 2. The molecule has 1 heterocycles. The Bertz CT molecular complexity index is 982. The summed E-state index contributed by atoms with van der Waals surface area (Å²) in [7, 11) is 1.63. The van der Waals surface area contributed by atoms with Gasteiger partial charge >= 0.3 is 0 Å². The van der Waals surface area contributed by atoms with E-state index in [4.69, 9.17) is 4.74 Å². The van der Waals surface area contributed by atoms with Crippen molar-refractivity contribution in [3.8, 4) is 0 Å². The van der Waals surface area contributed by atoms with Gasteiger partial charge in [-0.25, -0.2) is 13.8 Å². The van der Waals surface area contributed by atoms with E-state index in [9.17, 15) is 18.7 Å². The molecule has 6 nitrogen and oxygen atoms in total. The summed E-state index contributed by atoms with van der Waals surface area (Å²) in [5.41, 5.74) is -1.11. The van der Waals surface area contributed by atoms with Crippen molar-refractivity contribution in [1.29, 1.82) is 0 Å². The lowest BCUT2D eigenvalue weighted by molar-refractivity contribution is 0.0240. The predicted molar refractivity (Wildman–Crippen MR) is 114 cm³/mol. The summed E-state index contributed by atoms with van der Waals surface area (Å²) in [5, 5.41) is 13.1. The number of methoxy groups -OCH3 is 1. The van der Waals surface area contributed by atoms with E-state index in [1.54, 1.807) is 18.9 Å². The van der Waals surface area contributed by atoms with Gasteiger partial charge < -0.3 is 20.1 Å². The number of hydrogen-bond donors (Lipinski definition) is 3. The summed E-state index contributed by atoms with van der Waals surface area (Å²) >= 11 is 1.67. The highest BCUT2D eigenvalue weighted by molar-refractivity contribution is 7.99. The number of rotatable bonds is 6. The highest BCUT2D eigenvalue weighted by Crippen LogP contribution is 2.35. The fourth-order valence-corrected chi connectivity index (χ4v) is 5.23. The van der Waals surface area contributed by atoms with Crippen LogP contribution in [0, 0.1) is 11.6 Å². The van der Waals surface area contributed by atoms with E-state index in [2.05, 4.69) is 15.3 Å². The van der Waals surface area contributed by atoms with Crippen molar-refractivity contribution < 1.29 is 18.6 Å². The van der Waals surface area contributed by atoms with E-state index < -0.39 is 22.8 Å². The number of nitrogens with one attached hydrogen (secondary N) is 2. The molecule has 2 aliphatic rings. The summed E-state index contributed by atoms with van der Waals surface area (Å²) in [5.74, 6) is -1.33. The number of nitrogens with zero attached hydrogens (tertiary/aromatic N) is 1. The predicted octanol–water partition coefficient (Wildman–Crippen LogP) is 3.72. The summed E-state index contributed by atoms with van der Waals surface area (Å²) in [6.45, 7) is 1.86. The van der Waals surface area contributed by atoms with Crippen molar-refractivity contribution in [2.45, 2.75) is 74.2 Å². The van der Waals surface area contributed by atoms with Crippen molar-refractivity contribution in [2.75, 3.05) is 12.4 Å². The van der Waals surface area contributed by atoms with Crippen LogP contribution in [0.2, 0.25) is 0 Å².